The lowest BCUT2D eigenvalue weighted by atomic mass is 9.63. The topological polar surface area (TPSA) is 12.0 Å². The monoisotopic (exact) mass is 295 g/mol. The van der Waals surface area contributed by atoms with Crippen LogP contribution in [0, 0.1) is 5.41 Å². The lowest BCUT2D eigenvalue weighted by Crippen LogP contribution is -2.49. The normalized spacial score (nSPS) is 35.5. The van der Waals surface area contributed by atoms with Gasteiger partial charge >= 0.3 is 0 Å². The summed E-state index contributed by atoms with van der Waals surface area (Å²) in [6.07, 6.45) is 4.07. The standard InChI is InChI=1S/C16H22ClNS/c1-12-16(7-2-10-19-12)8-9-18-11-15(16)13-3-5-14(17)6-4-13/h3-6,12,15,18H,2,7-11H2,1H3. The first-order valence-electron chi connectivity index (χ1n) is 7.30. The van der Waals surface area contributed by atoms with E-state index in [0.29, 0.717) is 11.3 Å². The number of nitrogens with one attached hydrogen (secondary N) is 1. The zero-order valence-corrected chi connectivity index (χ0v) is 13.1. The Kier molecular flexibility index (Phi) is 4.11. The van der Waals surface area contributed by atoms with E-state index in [9.17, 15) is 0 Å². The predicted molar refractivity (Wildman–Crippen MR) is 85.3 cm³/mol. The van der Waals surface area contributed by atoms with Gasteiger partial charge in [-0.15, -0.1) is 0 Å². The highest BCUT2D eigenvalue weighted by Gasteiger charge is 2.46. The molecular formula is C16H22ClNS. The molecule has 0 aromatic heterocycles. The quantitative estimate of drug-likeness (QED) is 0.828. The number of hydrogen-bond donors (Lipinski definition) is 1. The number of hydrogen-bond acceptors (Lipinski definition) is 2. The van der Waals surface area contributed by atoms with E-state index < -0.39 is 0 Å². The Labute approximate surface area is 125 Å². The second-order valence-corrected chi connectivity index (χ2v) is 7.79. The summed E-state index contributed by atoms with van der Waals surface area (Å²) < 4.78 is 0. The molecule has 1 aromatic carbocycles. The van der Waals surface area contributed by atoms with Gasteiger partial charge in [-0.3, -0.25) is 0 Å². The van der Waals surface area contributed by atoms with Crippen LogP contribution in [0.5, 0.6) is 0 Å². The molecule has 0 amide bonds. The Morgan fingerprint density at radius 3 is 2.79 bits per heavy atom. The van der Waals surface area contributed by atoms with Gasteiger partial charge in [0.15, 0.2) is 0 Å². The van der Waals surface area contributed by atoms with E-state index in [4.69, 9.17) is 11.6 Å². The fraction of sp³-hybridized carbons (Fsp3) is 0.625. The molecule has 3 rings (SSSR count). The second kappa shape index (κ2) is 5.67. The van der Waals surface area contributed by atoms with E-state index in [-0.39, 0.29) is 0 Å². The molecule has 2 aliphatic rings. The van der Waals surface area contributed by atoms with Crippen molar-refractivity contribution in [1.29, 1.82) is 0 Å². The highest BCUT2D eigenvalue weighted by atomic mass is 35.5. The summed E-state index contributed by atoms with van der Waals surface area (Å²) in [5.74, 6) is 1.98. The van der Waals surface area contributed by atoms with E-state index in [1.165, 1.54) is 37.1 Å². The molecule has 1 spiro atoms. The van der Waals surface area contributed by atoms with Gasteiger partial charge in [0, 0.05) is 22.7 Å². The third-order valence-electron chi connectivity index (χ3n) is 5.05. The molecular weight excluding hydrogens is 274 g/mol. The summed E-state index contributed by atoms with van der Waals surface area (Å²) in [4.78, 5) is 0. The fourth-order valence-electron chi connectivity index (χ4n) is 3.91. The Hall–Kier alpha value is -0.180. The van der Waals surface area contributed by atoms with Crippen molar-refractivity contribution < 1.29 is 0 Å². The summed E-state index contributed by atoms with van der Waals surface area (Å²) in [6.45, 7) is 4.74. The molecule has 19 heavy (non-hydrogen) atoms. The largest absolute Gasteiger partial charge is 0.316 e. The number of benzene rings is 1. The predicted octanol–water partition coefficient (Wildman–Crippen LogP) is 4.32. The van der Waals surface area contributed by atoms with Crippen molar-refractivity contribution in [2.24, 2.45) is 5.41 Å². The molecule has 1 N–H and O–H groups in total. The van der Waals surface area contributed by atoms with Crippen molar-refractivity contribution >= 4 is 23.4 Å². The zero-order valence-electron chi connectivity index (χ0n) is 11.5. The van der Waals surface area contributed by atoms with Crippen LogP contribution in [0.15, 0.2) is 24.3 Å². The van der Waals surface area contributed by atoms with E-state index in [0.717, 1.165) is 16.8 Å². The van der Waals surface area contributed by atoms with Gasteiger partial charge in [-0.1, -0.05) is 30.7 Å². The Morgan fingerprint density at radius 1 is 1.26 bits per heavy atom. The molecule has 2 heterocycles. The molecule has 3 unspecified atom stereocenters. The van der Waals surface area contributed by atoms with Crippen LogP contribution in [0.25, 0.3) is 0 Å². The van der Waals surface area contributed by atoms with Gasteiger partial charge in [-0.2, -0.15) is 11.8 Å². The van der Waals surface area contributed by atoms with Gasteiger partial charge in [-0.05, 0) is 54.7 Å². The number of rotatable bonds is 1. The Balaban J connectivity index is 1.94. The van der Waals surface area contributed by atoms with E-state index in [1.807, 2.05) is 12.1 Å². The van der Waals surface area contributed by atoms with Crippen molar-refractivity contribution in [1.82, 2.24) is 5.32 Å². The van der Waals surface area contributed by atoms with Gasteiger partial charge in [0.05, 0.1) is 0 Å². The summed E-state index contributed by atoms with van der Waals surface area (Å²) in [5.41, 5.74) is 1.95. The van der Waals surface area contributed by atoms with Crippen molar-refractivity contribution in [2.45, 2.75) is 37.4 Å². The molecule has 2 aliphatic heterocycles. The van der Waals surface area contributed by atoms with Gasteiger partial charge < -0.3 is 5.32 Å². The minimum atomic E-state index is 0.488. The van der Waals surface area contributed by atoms with Gasteiger partial charge in [0.2, 0.25) is 0 Å². The molecule has 104 valence electrons. The van der Waals surface area contributed by atoms with Crippen LogP contribution in [0.4, 0.5) is 0 Å². The van der Waals surface area contributed by atoms with Gasteiger partial charge in [-0.25, -0.2) is 0 Å². The zero-order chi connectivity index (χ0) is 13.3. The second-order valence-electron chi connectivity index (χ2n) is 5.91. The van der Waals surface area contributed by atoms with Crippen molar-refractivity contribution in [3.63, 3.8) is 0 Å². The molecule has 2 saturated heterocycles. The van der Waals surface area contributed by atoms with Crippen molar-refractivity contribution in [3.05, 3.63) is 34.9 Å². The minimum Gasteiger partial charge on any atom is -0.316 e. The molecule has 0 bridgehead atoms. The van der Waals surface area contributed by atoms with Crippen molar-refractivity contribution in [3.8, 4) is 0 Å². The van der Waals surface area contributed by atoms with E-state index in [2.05, 4.69) is 36.1 Å². The highest BCUT2D eigenvalue weighted by molar-refractivity contribution is 7.99. The van der Waals surface area contributed by atoms with Gasteiger partial charge in [0.25, 0.3) is 0 Å². The van der Waals surface area contributed by atoms with Crippen LogP contribution in [-0.2, 0) is 0 Å². The molecule has 3 heteroatoms. The van der Waals surface area contributed by atoms with Gasteiger partial charge in [0.1, 0.15) is 0 Å². The molecule has 1 aromatic rings. The SMILES string of the molecule is CC1SCCCC12CCNCC2c1ccc(Cl)cc1. The van der Waals surface area contributed by atoms with Crippen LogP contribution >= 0.6 is 23.4 Å². The summed E-state index contributed by atoms with van der Waals surface area (Å²) in [5, 5.41) is 5.21. The average molecular weight is 296 g/mol. The maximum atomic E-state index is 6.04. The highest BCUT2D eigenvalue weighted by Crippen LogP contribution is 2.53. The first kappa shape index (κ1) is 13.8. The molecule has 0 radical (unpaired) electrons. The average Bonchev–Trinajstić information content (AvgIpc) is 2.44. The molecule has 2 fully saturated rings. The lowest BCUT2D eigenvalue weighted by Gasteiger charge is -2.51. The first-order valence-corrected chi connectivity index (χ1v) is 8.73. The van der Waals surface area contributed by atoms with Crippen molar-refractivity contribution in [2.75, 3.05) is 18.8 Å². The van der Waals surface area contributed by atoms with Crippen LogP contribution in [0.3, 0.4) is 0 Å². The number of thioether (sulfide) groups is 1. The van der Waals surface area contributed by atoms with Crippen LogP contribution in [-0.4, -0.2) is 24.1 Å². The summed E-state index contributed by atoms with van der Waals surface area (Å²) in [7, 11) is 0. The minimum absolute atomic E-state index is 0.488. The molecule has 3 atom stereocenters. The van der Waals surface area contributed by atoms with Crippen LogP contribution in [0.2, 0.25) is 5.02 Å². The maximum absolute atomic E-state index is 6.04. The van der Waals surface area contributed by atoms with E-state index >= 15 is 0 Å². The van der Waals surface area contributed by atoms with Crippen LogP contribution in [0.1, 0.15) is 37.7 Å². The summed E-state index contributed by atoms with van der Waals surface area (Å²) >= 11 is 8.21. The fourth-order valence-corrected chi connectivity index (χ4v) is 5.43. The Bertz CT molecular complexity index is 427. The number of halogens is 1. The Morgan fingerprint density at radius 2 is 2.05 bits per heavy atom. The molecule has 0 aliphatic carbocycles. The third-order valence-corrected chi connectivity index (χ3v) is 6.79. The number of piperidine rings is 1. The van der Waals surface area contributed by atoms with E-state index in [1.54, 1.807) is 0 Å². The molecule has 0 saturated carbocycles. The van der Waals surface area contributed by atoms with Crippen LogP contribution < -0.4 is 5.32 Å². The summed E-state index contributed by atoms with van der Waals surface area (Å²) in [6, 6.07) is 8.54. The molecule has 1 nitrogen and oxygen atoms in total. The lowest BCUT2D eigenvalue weighted by molar-refractivity contribution is 0.142. The first-order chi connectivity index (χ1) is 9.22. The third kappa shape index (κ3) is 2.55. The smallest absolute Gasteiger partial charge is 0.0406 e. The maximum Gasteiger partial charge on any atom is 0.0406 e.